The number of aliphatic hydroxyl groups excluding tert-OH is 2. The average molecular weight is 493 g/mol. The van der Waals surface area contributed by atoms with Gasteiger partial charge in [-0.05, 0) is 18.6 Å². The van der Waals surface area contributed by atoms with Gasteiger partial charge in [-0.1, -0.05) is 29.8 Å². The zero-order valence-corrected chi connectivity index (χ0v) is 19.5. The maximum atomic E-state index is 13.9. The molecule has 1 saturated heterocycles. The van der Waals surface area contributed by atoms with E-state index in [0.29, 0.717) is 23.4 Å². The molecule has 0 aliphatic carbocycles. The molecule has 1 amide bonds. The van der Waals surface area contributed by atoms with Crippen LogP contribution >= 0.6 is 0 Å². The maximum Gasteiger partial charge on any atom is 0.251 e. The number of ether oxygens (including phenoxy) is 1. The van der Waals surface area contributed by atoms with Gasteiger partial charge in [-0.3, -0.25) is 14.3 Å². The highest BCUT2D eigenvalue weighted by atomic mass is 19.1. The SMILES string of the molecule is CNC(=O)[C@H]1O[C@@H](n2cnc3c(NCc4cccc(C)c4)nc(-c4cncc(F)c4)nc32)[C@H](O)[C@@H]1O. The molecule has 4 aromatic rings. The summed E-state index contributed by atoms with van der Waals surface area (Å²) in [6.45, 7) is 2.43. The van der Waals surface area contributed by atoms with E-state index in [0.717, 1.165) is 17.3 Å². The Hall–Kier alpha value is -4.00. The Kier molecular flexibility index (Phi) is 6.31. The van der Waals surface area contributed by atoms with Crippen LogP contribution in [0.1, 0.15) is 17.4 Å². The Labute approximate surface area is 205 Å². The van der Waals surface area contributed by atoms with Crippen molar-refractivity contribution in [3.8, 4) is 11.4 Å². The van der Waals surface area contributed by atoms with Gasteiger partial charge in [0.1, 0.15) is 18.0 Å². The van der Waals surface area contributed by atoms with Gasteiger partial charge in [0.25, 0.3) is 5.91 Å². The molecule has 36 heavy (non-hydrogen) atoms. The monoisotopic (exact) mass is 493 g/mol. The van der Waals surface area contributed by atoms with Crippen LogP contribution in [0.15, 0.2) is 49.1 Å². The Morgan fingerprint density at radius 3 is 2.78 bits per heavy atom. The third-order valence-electron chi connectivity index (χ3n) is 5.94. The van der Waals surface area contributed by atoms with Gasteiger partial charge in [0, 0.05) is 25.4 Å². The number of halogens is 1. The molecule has 1 aromatic carbocycles. The van der Waals surface area contributed by atoms with Gasteiger partial charge < -0.3 is 25.6 Å². The Morgan fingerprint density at radius 2 is 2.03 bits per heavy atom. The molecule has 1 fully saturated rings. The number of pyridine rings is 1. The zero-order valence-electron chi connectivity index (χ0n) is 19.5. The van der Waals surface area contributed by atoms with E-state index in [1.165, 1.54) is 30.2 Å². The van der Waals surface area contributed by atoms with E-state index in [1.54, 1.807) is 0 Å². The average Bonchev–Trinajstić information content (AvgIpc) is 3.43. The first-order valence-corrected chi connectivity index (χ1v) is 11.2. The van der Waals surface area contributed by atoms with E-state index in [2.05, 4.69) is 30.6 Å². The summed E-state index contributed by atoms with van der Waals surface area (Å²) in [5.74, 6) is -0.588. The quantitative estimate of drug-likeness (QED) is 0.312. The second-order valence-corrected chi connectivity index (χ2v) is 8.50. The molecular weight excluding hydrogens is 469 g/mol. The van der Waals surface area contributed by atoms with Gasteiger partial charge in [0.2, 0.25) is 0 Å². The van der Waals surface area contributed by atoms with Crippen LogP contribution in [0.25, 0.3) is 22.6 Å². The number of carbonyl (C=O) groups is 1. The lowest BCUT2D eigenvalue weighted by molar-refractivity contribution is -0.137. The summed E-state index contributed by atoms with van der Waals surface area (Å²) in [5, 5.41) is 26.7. The minimum atomic E-state index is -1.46. The second-order valence-electron chi connectivity index (χ2n) is 8.50. The fourth-order valence-electron chi connectivity index (χ4n) is 4.15. The summed E-state index contributed by atoms with van der Waals surface area (Å²) in [7, 11) is 1.41. The van der Waals surface area contributed by atoms with Crippen LogP contribution in [-0.4, -0.2) is 66.0 Å². The van der Waals surface area contributed by atoms with E-state index in [4.69, 9.17) is 4.74 Å². The number of imidazole rings is 1. The first kappa shape index (κ1) is 23.7. The zero-order chi connectivity index (χ0) is 25.4. The van der Waals surface area contributed by atoms with Crippen molar-refractivity contribution in [1.29, 1.82) is 0 Å². The molecule has 3 aromatic heterocycles. The van der Waals surface area contributed by atoms with Crippen molar-refractivity contribution in [1.82, 2.24) is 29.8 Å². The highest BCUT2D eigenvalue weighted by Gasteiger charge is 2.47. The van der Waals surface area contributed by atoms with E-state index < -0.39 is 36.3 Å². The van der Waals surface area contributed by atoms with Gasteiger partial charge in [0.15, 0.2) is 35.1 Å². The molecule has 11 nitrogen and oxygen atoms in total. The minimum absolute atomic E-state index is 0.166. The van der Waals surface area contributed by atoms with E-state index >= 15 is 0 Å². The first-order valence-electron chi connectivity index (χ1n) is 11.2. The van der Waals surface area contributed by atoms with Gasteiger partial charge in [-0.2, -0.15) is 0 Å². The van der Waals surface area contributed by atoms with Crippen LogP contribution in [0, 0.1) is 12.7 Å². The summed E-state index contributed by atoms with van der Waals surface area (Å²) >= 11 is 0. The number of nitrogens with one attached hydrogen (secondary N) is 2. The van der Waals surface area contributed by atoms with Gasteiger partial charge in [-0.15, -0.1) is 0 Å². The van der Waals surface area contributed by atoms with E-state index in [9.17, 15) is 19.4 Å². The molecule has 0 bridgehead atoms. The number of aryl methyl sites for hydroxylation is 1. The number of aromatic nitrogens is 5. The highest BCUT2D eigenvalue weighted by molar-refractivity contribution is 5.85. The number of nitrogens with zero attached hydrogens (tertiary/aromatic N) is 5. The van der Waals surface area contributed by atoms with Crippen LogP contribution in [0.3, 0.4) is 0 Å². The molecule has 12 heteroatoms. The molecule has 5 rings (SSSR count). The number of hydrogen-bond donors (Lipinski definition) is 4. The molecule has 0 spiro atoms. The standard InChI is InChI=1S/C24H24FN7O4/c1-12-4-3-5-13(6-12)8-28-21-16-22(31-20(30-21)14-7-15(25)10-27-9-14)32(11-29-16)24-18(34)17(33)19(36-24)23(35)26-2/h3-7,9-11,17-19,24,33-34H,8H2,1-2H3,(H,26,35)(H,28,30,31)/t17-,18+,19-,24+/m0/s1. The van der Waals surface area contributed by atoms with Crippen LogP contribution in [0.5, 0.6) is 0 Å². The van der Waals surface area contributed by atoms with Crippen molar-refractivity contribution >= 4 is 22.9 Å². The second kappa shape index (κ2) is 9.57. The molecule has 186 valence electrons. The van der Waals surface area contributed by atoms with Gasteiger partial charge in [-0.25, -0.2) is 19.3 Å². The lowest BCUT2D eigenvalue weighted by atomic mass is 10.1. The fourth-order valence-corrected chi connectivity index (χ4v) is 4.15. The smallest absolute Gasteiger partial charge is 0.251 e. The fraction of sp³-hybridized carbons (Fsp3) is 0.292. The van der Waals surface area contributed by atoms with Crippen LogP contribution in [-0.2, 0) is 16.1 Å². The summed E-state index contributed by atoms with van der Waals surface area (Å²) < 4.78 is 21.0. The van der Waals surface area contributed by atoms with Crippen molar-refractivity contribution in [2.45, 2.75) is 38.0 Å². The molecule has 4 heterocycles. The number of amides is 1. The Balaban J connectivity index is 1.58. The third kappa shape index (κ3) is 4.37. The van der Waals surface area contributed by atoms with Crippen molar-refractivity contribution in [2.24, 2.45) is 0 Å². The van der Waals surface area contributed by atoms with E-state index in [1.807, 2.05) is 31.2 Å². The summed E-state index contributed by atoms with van der Waals surface area (Å²) in [6, 6.07) is 9.21. The van der Waals surface area contributed by atoms with Crippen LogP contribution < -0.4 is 10.6 Å². The lowest BCUT2D eigenvalue weighted by Crippen LogP contribution is -2.41. The largest absolute Gasteiger partial charge is 0.387 e. The number of hydrogen-bond acceptors (Lipinski definition) is 9. The molecular formula is C24H24FN7O4. The van der Waals surface area contributed by atoms with Crippen molar-refractivity contribution in [2.75, 3.05) is 12.4 Å². The first-order chi connectivity index (χ1) is 17.4. The van der Waals surface area contributed by atoms with Crippen LogP contribution in [0.2, 0.25) is 0 Å². The molecule has 0 radical (unpaired) electrons. The number of benzene rings is 1. The number of carbonyl (C=O) groups excluding carboxylic acids is 1. The normalized spacial score (nSPS) is 21.6. The number of fused-ring (bicyclic) bond motifs is 1. The van der Waals surface area contributed by atoms with Crippen LogP contribution in [0.4, 0.5) is 10.2 Å². The highest BCUT2D eigenvalue weighted by Crippen LogP contribution is 2.33. The summed E-state index contributed by atoms with van der Waals surface area (Å²) in [4.78, 5) is 29.5. The minimum Gasteiger partial charge on any atom is -0.387 e. The third-order valence-corrected chi connectivity index (χ3v) is 5.94. The van der Waals surface area contributed by atoms with Crippen molar-refractivity contribution in [3.63, 3.8) is 0 Å². The molecule has 1 aliphatic heterocycles. The summed E-state index contributed by atoms with van der Waals surface area (Å²) in [5.41, 5.74) is 3.07. The molecule has 1 aliphatic rings. The van der Waals surface area contributed by atoms with Crippen molar-refractivity contribution < 1.29 is 24.1 Å². The molecule has 0 unspecified atom stereocenters. The number of anilines is 1. The molecule has 0 saturated carbocycles. The molecule has 4 N–H and O–H groups in total. The number of likely N-dealkylation sites (N-methyl/N-ethyl adjacent to an activating group) is 1. The number of rotatable bonds is 6. The van der Waals surface area contributed by atoms with Gasteiger partial charge >= 0.3 is 0 Å². The maximum absolute atomic E-state index is 13.9. The number of aliphatic hydroxyl groups is 2. The van der Waals surface area contributed by atoms with Crippen molar-refractivity contribution in [3.05, 3.63) is 66.0 Å². The summed E-state index contributed by atoms with van der Waals surface area (Å²) in [6.07, 6.45) is -1.42. The molecule has 4 atom stereocenters. The topological polar surface area (TPSA) is 147 Å². The Morgan fingerprint density at radius 1 is 1.19 bits per heavy atom. The predicted octanol–water partition coefficient (Wildman–Crippen LogP) is 1.31. The Bertz CT molecular complexity index is 1430. The predicted molar refractivity (Wildman–Crippen MR) is 127 cm³/mol. The lowest BCUT2D eigenvalue weighted by Gasteiger charge is -2.17. The van der Waals surface area contributed by atoms with E-state index in [-0.39, 0.29) is 11.5 Å². The van der Waals surface area contributed by atoms with Gasteiger partial charge in [0.05, 0.1) is 12.5 Å².